The third-order valence-electron chi connectivity index (χ3n) is 19.6. The molecule has 0 aromatic carbocycles. The van der Waals surface area contributed by atoms with Crippen molar-refractivity contribution < 1.29 is 223 Å². The van der Waals surface area contributed by atoms with Gasteiger partial charge in [-0.2, -0.15) is 0 Å². The van der Waals surface area contributed by atoms with Crippen molar-refractivity contribution in [2.45, 2.75) is 291 Å². The molecule has 9 aliphatic rings. The molecule has 28 N–H and O–H groups in total. The van der Waals surface area contributed by atoms with Gasteiger partial charge in [0.15, 0.2) is 56.6 Å². The van der Waals surface area contributed by atoms with Crippen molar-refractivity contribution in [2.75, 3.05) is 59.5 Å². The van der Waals surface area contributed by atoms with Crippen molar-refractivity contribution >= 4 is 17.7 Å². The first-order chi connectivity index (χ1) is 50.7. The topological polar surface area (TPSA) is 750 Å². The van der Waals surface area contributed by atoms with Gasteiger partial charge < -0.3 is 224 Å². The molecule has 620 valence electrons. The lowest BCUT2D eigenvalue weighted by molar-refractivity contribution is -0.406. The minimum absolute atomic E-state index is 0.798. The molecule has 9 rings (SSSR count). The molecule has 107 heavy (non-hydrogen) atoms. The molecule has 0 aliphatic carbocycles. The summed E-state index contributed by atoms with van der Waals surface area (Å²) >= 11 is 0. The number of hydrogen-bond donors (Lipinski definition) is 28. The number of aliphatic hydroxyl groups is 25. The van der Waals surface area contributed by atoms with Gasteiger partial charge in [0.2, 0.25) is 17.7 Å². The number of carbonyl (C=O) groups is 3. The highest BCUT2D eigenvalue weighted by Crippen LogP contribution is 2.40. The van der Waals surface area contributed by atoms with E-state index in [1.54, 1.807) is 0 Å². The molecule has 0 radical (unpaired) electrons. The van der Waals surface area contributed by atoms with Crippen LogP contribution in [0.3, 0.4) is 0 Å². The third kappa shape index (κ3) is 19.2. The van der Waals surface area contributed by atoms with Crippen LogP contribution in [0.15, 0.2) is 0 Å². The second kappa shape index (κ2) is 38.2. The highest BCUT2D eigenvalue weighted by atomic mass is 16.8. The van der Waals surface area contributed by atoms with Gasteiger partial charge in [-0.05, 0) is 0 Å². The van der Waals surface area contributed by atoms with Gasteiger partial charge in [0.25, 0.3) is 0 Å². The largest absolute Gasteiger partial charge is 0.394 e. The molecule has 48 nitrogen and oxygen atoms in total. The summed E-state index contributed by atoms with van der Waals surface area (Å²) in [5.41, 5.74) is 0. The van der Waals surface area contributed by atoms with E-state index in [1.807, 2.05) is 0 Å². The molecule has 9 aliphatic heterocycles. The lowest BCUT2D eigenvalue weighted by atomic mass is 9.93. The second-order valence-electron chi connectivity index (χ2n) is 27.0. The smallest absolute Gasteiger partial charge is 0.217 e. The molecule has 9 heterocycles. The zero-order valence-corrected chi connectivity index (χ0v) is 57.1. The average molecular weight is 1570 g/mol. The Bertz CT molecular complexity index is 2790. The summed E-state index contributed by atoms with van der Waals surface area (Å²) in [6.45, 7) is -6.84. The van der Waals surface area contributed by atoms with E-state index < -0.39 is 347 Å². The summed E-state index contributed by atoms with van der Waals surface area (Å²) in [5, 5.41) is 283. The normalized spacial score (nSPS) is 49.9. The van der Waals surface area contributed by atoms with Crippen LogP contribution in [-0.4, -0.2) is 475 Å². The van der Waals surface area contributed by atoms with Gasteiger partial charge in [0, 0.05) is 20.8 Å². The molecule has 9 fully saturated rings. The molecule has 0 aromatic rings. The minimum Gasteiger partial charge on any atom is -0.394 e. The van der Waals surface area contributed by atoms with Crippen molar-refractivity contribution in [3.8, 4) is 0 Å². The van der Waals surface area contributed by atoms with Crippen LogP contribution in [0.1, 0.15) is 20.8 Å². The first-order valence-corrected chi connectivity index (χ1v) is 34.1. The van der Waals surface area contributed by atoms with Gasteiger partial charge >= 0.3 is 0 Å². The SMILES string of the molecule is CC(=O)N[C@@H]1[C@@H](O)[C@H](O[C@@H]2O[C@H](CO)[C@@H](O[C@@H]3O[C@H](CO[C@H]4O[C@H](CO[C@H]5O[C@H](CO)[C@@H](O)[C@H](O)[C@@H]5O)[C@@H](O)[C@H](O[C@H]5O[C@H](CO)[C@@H](O)[C@H](O)[C@@H]5O)[C@@H]4O)[C@@H](O)[C@H](O[C@H]4O[C@H](CO)[C@@H](O)[C@H](O)[C@@H]4O[C@@H]4O[C@H](CO)[C@@H](O)[C@H](O)[C@H]4NC(C)=O)[C@@H]3O[C@@H]3O[C@H](CO)[C@H](O)[C@H]3O)[C@H](O)[C@H]2NC(C)=O)[C@@H](CO)O[C@H]1O. The van der Waals surface area contributed by atoms with Crippen LogP contribution in [0.2, 0.25) is 0 Å². The van der Waals surface area contributed by atoms with E-state index in [0.717, 1.165) is 20.8 Å². The highest BCUT2D eigenvalue weighted by Gasteiger charge is 2.61. The second-order valence-corrected chi connectivity index (χ2v) is 27.0. The van der Waals surface area contributed by atoms with Crippen LogP contribution in [0, 0.1) is 0 Å². The fourth-order valence-electron chi connectivity index (χ4n) is 13.7. The Morgan fingerprint density at radius 2 is 0.533 bits per heavy atom. The van der Waals surface area contributed by atoms with Crippen LogP contribution >= 0.6 is 0 Å². The monoisotopic (exact) mass is 1570 g/mol. The summed E-state index contributed by atoms with van der Waals surface area (Å²) < 4.78 is 101. The number of amides is 3. The van der Waals surface area contributed by atoms with Gasteiger partial charge in [-0.3, -0.25) is 14.4 Å². The van der Waals surface area contributed by atoms with Crippen LogP contribution in [-0.2, 0) is 94.9 Å². The van der Waals surface area contributed by atoms with Crippen molar-refractivity contribution in [3.63, 3.8) is 0 Å². The Hall–Kier alpha value is -3.27. The van der Waals surface area contributed by atoms with Crippen LogP contribution in [0.25, 0.3) is 0 Å². The first-order valence-electron chi connectivity index (χ1n) is 34.1. The number of nitrogens with one attached hydrogen (secondary N) is 3. The maximum Gasteiger partial charge on any atom is 0.217 e. The van der Waals surface area contributed by atoms with E-state index in [9.17, 15) is 142 Å². The zero-order chi connectivity index (χ0) is 78.6. The van der Waals surface area contributed by atoms with E-state index >= 15 is 0 Å². The summed E-state index contributed by atoms with van der Waals surface area (Å²) in [5.74, 6) is -2.66. The fourth-order valence-corrected chi connectivity index (χ4v) is 13.7. The predicted molar refractivity (Wildman–Crippen MR) is 326 cm³/mol. The summed E-state index contributed by atoms with van der Waals surface area (Å²) in [6, 6.07) is -5.48. The molecule has 0 saturated carbocycles. The van der Waals surface area contributed by atoms with E-state index in [2.05, 4.69) is 16.0 Å². The Kier molecular flexibility index (Phi) is 31.3. The molecule has 44 atom stereocenters. The molecule has 9 saturated heterocycles. The van der Waals surface area contributed by atoms with Gasteiger partial charge in [0.05, 0.1) is 59.5 Å². The number of ether oxygens (including phenoxy) is 17. The standard InChI is InChI=1S/C59H99N3O45/c1-13(70)60-25-36(81)45(21(9-68)93-51(25)90)102-53-27(62-15(3)72)37(82)46(22(10-69)99-53)103-59-50(107-56-41(86)32(77)20(8-67)97-56)48(105-58-49(40(85)31(76)19(7-66)98-58)106-52-26(61-14(2)71)35(80)28(73)16(4-63)94-52)34(79)24(101-59)12-92-55-44(89)47(104-57-43(88)39(84)30(75)18(6-65)96-57)33(78)23(100-55)11-91-54-42(87)38(83)29(74)17(5-64)95-54/h16-59,63-69,73-90H,4-12H2,1-3H3,(H,60,70)(H,61,71)(H,62,72)/t16-,17-,18-,19-,20-,21-,22-,23-,24-,25-,26-,27-,28-,29-,30-,31-,32+,33-,34-,35-,36-,37-,38+,39+,40+,41-,42+,43+,44+,45-,46-,47+,48+,49+,50+,51-,52+,53+,54+,55+,56+,57-,58-,59+/m1/s1. The summed E-state index contributed by atoms with van der Waals surface area (Å²) in [7, 11) is 0. The fraction of sp³-hybridized carbons (Fsp3) is 0.949. The third-order valence-corrected chi connectivity index (χ3v) is 19.6. The molecular weight excluding hydrogens is 1470 g/mol. The number of rotatable bonds is 28. The lowest BCUT2D eigenvalue weighted by Crippen LogP contribution is -2.71. The Morgan fingerprint density at radius 3 is 1.02 bits per heavy atom. The maximum atomic E-state index is 13.1. The molecule has 0 aromatic heterocycles. The molecule has 0 spiro atoms. The molecule has 0 bridgehead atoms. The van der Waals surface area contributed by atoms with Crippen molar-refractivity contribution in [1.82, 2.24) is 16.0 Å². The van der Waals surface area contributed by atoms with Crippen molar-refractivity contribution in [1.29, 1.82) is 0 Å². The zero-order valence-electron chi connectivity index (χ0n) is 57.1. The van der Waals surface area contributed by atoms with E-state index in [0.29, 0.717) is 0 Å². The van der Waals surface area contributed by atoms with Crippen molar-refractivity contribution in [2.24, 2.45) is 0 Å². The van der Waals surface area contributed by atoms with Gasteiger partial charge in [0.1, 0.15) is 213 Å². The summed E-state index contributed by atoms with van der Waals surface area (Å²) in [6.07, 6.45) is -86.3. The summed E-state index contributed by atoms with van der Waals surface area (Å²) in [4.78, 5) is 37.9. The minimum atomic E-state index is -2.53. The highest BCUT2D eigenvalue weighted by molar-refractivity contribution is 5.74. The molecule has 0 unspecified atom stereocenters. The molecule has 48 heteroatoms. The van der Waals surface area contributed by atoms with Crippen LogP contribution < -0.4 is 16.0 Å². The maximum absolute atomic E-state index is 13.1. The molecule has 3 amide bonds. The number of carbonyl (C=O) groups excluding carboxylic acids is 3. The first kappa shape index (κ1) is 87.7. The van der Waals surface area contributed by atoms with Gasteiger partial charge in [-0.1, -0.05) is 0 Å². The quantitative estimate of drug-likeness (QED) is 0.0346. The number of hydrogen-bond acceptors (Lipinski definition) is 45. The average Bonchev–Trinajstić information content (AvgIpc) is 1.46. The van der Waals surface area contributed by atoms with Crippen LogP contribution in [0.4, 0.5) is 0 Å². The van der Waals surface area contributed by atoms with E-state index in [-0.39, 0.29) is 0 Å². The van der Waals surface area contributed by atoms with E-state index in [1.165, 1.54) is 0 Å². The Labute approximate surface area is 605 Å². The van der Waals surface area contributed by atoms with Crippen molar-refractivity contribution in [3.05, 3.63) is 0 Å². The van der Waals surface area contributed by atoms with Crippen LogP contribution in [0.5, 0.6) is 0 Å². The van der Waals surface area contributed by atoms with Gasteiger partial charge in [-0.25, -0.2) is 0 Å². The van der Waals surface area contributed by atoms with Gasteiger partial charge in [-0.15, -0.1) is 0 Å². The lowest BCUT2D eigenvalue weighted by Gasteiger charge is -2.51. The number of aliphatic hydroxyl groups excluding tert-OH is 25. The van der Waals surface area contributed by atoms with E-state index in [4.69, 9.17) is 80.5 Å². The Morgan fingerprint density at radius 1 is 0.243 bits per heavy atom. The molecular formula is C59H99N3O45. The predicted octanol–water partition coefficient (Wildman–Crippen LogP) is -19.6. The Balaban J connectivity index is 1.13.